The molecule has 20 heavy (non-hydrogen) atoms. The van der Waals surface area contributed by atoms with Crippen LogP contribution < -0.4 is 0 Å². The molecule has 3 rings (SSSR count). The highest BCUT2D eigenvalue weighted by Crippen LogP contribution is 2.33. The predicted octanol–water partition coefficient (Wildman–Crippen LogP) is 3.53. The number of nitrogens with zero attached hydrogens (tertiary/aromatic N) is 3. The van der Waals surface area contributed by atoms with Crippen molar-refractivity contribution in [2.45, 2.75) is 45.2 Å². The van der Waals surface area contributed by atoms with E-state index in [1.54, 1.807) is 0 Å². The molecule has 0 radical (unpaired) electrons. The number of aromatic nitrogens is 2. The zero-order valence-electron chi connectivity index (χ0n) is 12.1. The van der Waals surface area contributed by atoms with Crippen LogP contribution in [0.2, 0.25) is 0 Å². The van der Waals surface area contributed by atoms with Crippen molar-refractivity contribution in [1.29, 1.82) is 0 Å². The Morgan fingerprint density at radius 3 is 2.85 bits per heavy atom. The SMILES string of the molecule is CC(C)c1cc([C@H]2CCCN2Cc2ccncc2)no1. The van der Waals surface area contributed by atoms with E-state index in [-0.39, 0.29) is 0 Å². The van der Waals surface area contributed by atoms with Crippen LogP contribution in [-0.2, 0) is 6.54 Å². The van der Waals surface area contributed by atoms with E-state index in [4.69, 9.17) is 4.52 Å². The molecule has 1 aliphatic heterocycles. The quantitative estimate of drug-likeness (QED) is 0.853. The van der Waals surface area contributed by atoms with Gasteiger partial charge in [-0.1, -0.05) is 19.0 Å². The maximum absolute atomic E-state index is 5.45. The molecule has 0 unspecified atom stereocenters. The first-order valence-corrected chi connectivity index (χ1v) is 7.33. The smallest absolute Gasteiger partial charge is 0.139 e. The van der Waals surface area contributed by atoms with E-state index in [1.807, 2.05) is 12.4 Å². The maximum atomic E-state index is 5.45. The normalized spacial score (nSPS) is 19.9. The molecule has 0 N–H and O–H groups in total. The van der Waals surface area contributed by atoms with Crippen molar-refractivity contribution in [2.75, 3.05) is 6.54 Å². The van der Waals surface area contributed by atoms with Crippen LogP contribution in [0.5, 0.6) is 0 Å². The summed E-state index contributed by atoms with van der Waals surface area (Å²) in [4.78, 5) is 6.56. The minimum atomic E-state index is 0.388. The third kappa shape index (κ3) is 2.75. The van der Waals surface area contributed by atoms with Gasteiger partial charge in [0.05, 0.1) is 6.04 Å². The Balaban J connectivity index is 1.74. The summed E-state index contributed by atoms with van der Waals surface area (Å²) in [6.45, 7) is 6.34. The highest BCUT2D eigenvalue weighted by atomic mass is 16.5. The summed E-state index contributed by atoms with van der Waals surface area (Å²) < 4.78 is 5.45. The lowest BCUT2D eigenvalue weighted by Gasteiger charge is -2.22. The Morgan fingerprint density at radius 1 is 1.35 bits per heavy atom. The van der Waals surface area contributed by atoms with Gasteiger partial charge in [-0.05, 0) is 37.1 Å². The van der Waals surface area contributed by atoms with Crippen molar-refractivity contribution in [3.8, 4) is 0 Å². The van der Waals surface area contributed by atoms with Crippen LogP contribution >= 0.6 is 0 Å². The topological polar surface area (TPSA) is 42.2 Å². The number of pyridine rings is 1. The van der Waals surface area contributed by atoms with E-state index in [2.05, 4.69) is 47.1 Å². The first kappa shape index (κ1) is 13.3. The summed E-state index contributed by atoms with van der Waals surface area (Å²) in [6, 6.07) is 6.68. The summed E-state index contributed by atoms with van der Waals surface area (Å²) in [7, 11) is 0. The van der Waals surface area contributed by atoms with Crippen molar-refractivity contribution in [2.24, 2.45) is 0 Å². The van der Waals surface area contributed by atoms with Crippen LogP contribution in [0.3, 0.4) is 0 Å². The molecule has 1 atom stereocenters. The van der Waals surface area contributed by atoms with Gasteiger partial charge in [0.1, 0.15) is 11.5 Å². The van der Waals surface area contributed by atoms with Gasteiger partial charge in [-0.15, -0.1) is 0 Å². The molecule has 1 aliphatic rings. The first-order chi connectivity index (χ1) is 9.74. The standard InChI is InChI=1S/C16H21N3O/c1-12(2)16-10-14(18-20-16)15-4-3-9-19(15)11-13-5-7-17-8-6-13/h5-8,10,12,15H,3-4,9,11H2,1-2H3/t15-/m1/s1. The van der Waals surface area contributed by atoms with Gasteiger partial charge < -0.3 is 4.52 Å². The average Bonchev–Trinajstić information content (AvgIpc) is 3.08. The Bertz CT molecular complexity index is 550. The van der Waals surface area contributed by atoms with Gasteiger partial charge in [0, 0.05) is 30.9 Å². The lowest BCUT2D eigenvalue weighted by atomic mass is 10.1. The lowest BCUT2D eigenvalue weighted by Crippen LogP contribution is -2.22. The molecule has 2 aromatic heterocycles. The summed E-state index contributed by atoms with van der Waals surface area (Å²) in [5, 5.41) is 4.28. The fourth-order valence-corrected chi connectivity index (χ4v) is 2.81. The molecular weight excluding hydrogens is 250 g/mol. The van der Waals surface area contributed by atoms with Crippen LogP contribution in [0.25, 0.3) is 0 Å². The monoisotopic (exact) mass is 271 g/mol. The zero-order valence-corrected chi connectivity index (χ0v) is 12.1. The minimum absolute atomic E-state index is 0.388. The molecule has 2 aromatic rings. The molecule has 4 heteroatoms. The summed E-state index contributed by atoms with van der Waals surface area (Å²) in [5.41, 5.74) is 2.39. The molecule has 0 amide bonds. The Labute approximate surface area is 119 Å². The average molecular weight is 271 g/mol. The van der Waals surface area contributed by atoms with Crippen molar-refractivity contribution in [3.05, 3.63) is 47.6 Å². The second-order valence-electron chi connectivity index (χ2n) is 5.79. The van der Waals surface area contributed by atoms with Gasteiger partial charge in [-0.3, -0.25) is 9.88 Å². The molecule has 0 spiro atoms. The van der Waals surface area contributed by atoms with Gasteiger partial charge >= 0.3 is 0 Å². The van der Waals surface area contributed by atoms with E-state index in [9.17, 15) is 0 Å². The summed E-state index contributed by atoms with van der Waals surface area (Å²) in [6.07, 6.45) is 6.09. The molecule has 3 heterocycles. The molecule has 0 aromatic carbocycles. The maximum Gasteiger partial charge on any atom is 0.139 e. The van der Waals surface area contributed by atoms with E-state index >= 15 is 0 Å². The van der Waals surface area contributed by atoms with Crippen molar-refractivity contribution in [3.63, 3.8) is 0 Å². The third-order valence-electron chi connectivity index (χ3n) is 3.96. The molecule has 1 fully saturated rings. The van der Waals surface area contributed by atoms with Crippen LogP contribution in [-0.4, -0.2) is 21.6 Å². The molecule has 4 nitrogen and oxygen atoms in total. The van der Waals surface area contributed by atoms with Crippen molar-refractivity contribution < 1.29 is 4.52 Å². The van der Waals surface area contributed by atoms with E-state index < -0.39 is 0 Å². The number of hydrogen-bond donors (Lipinski definition) is 0. The van der Waals surface area contributed by atoms with Crippen molar-refractivity contribution in [1.82, 2.24) is 15.0 Å². The van der Waals surface area contributed by atoms with Crippen LogP contribution in [0.15, 0.2) is 35.1 Å². The van der Waals surface area contributed by atoms with Gasteiger partial charge in [-0.25, -0.2) is 0 Å². The molecule has 0 aliphatic carbocycles. The minimum Gasteiger partial charge on any atom is -0.361 e. The number of likely N-dealkylation sites (tertiary alicyclic amines) is 1. The molecular formula is C16H21N3O. The summed E-state index contributed by atoms with van der Waals surface area (Å²) in [5.74, 6) is 1.38. The third-order valence-corrected chi connectivity index (χ3v) is 3.96. The Hall–Kier alpha value is -1.68. The molecule has 1 saturated heterocycles. The summed E-state index contributed by atoms with van der Waals surface area (Å²) >= 11 is 0. The van der Waals surface area contributed by atoms with Crippen LogP contribution in [0.4, 0.5) is 0 Å². The van der Waals surface area contributed by atoms with Gasteiger partial charge in [0.25, 0.3) is 0 Å². The fourth-order valence-electron chi connectivity index (χ4n) is 2.81. The molecule has 106 valence electrons. The largest absolute Gasteiger partial charge is 0.361 e. The first-order valence-electron chi connectivity index (χ1n) is 7.33. The van der Waals surface area contributed by atoms with Gasteiger partial charge in [0.2, 0.25) is 0 Å². The van der Waals surface area contributed by atoms with Crippen molar-refractivity contribution >= 4 is 0 Å². The van der Waals surface area contributed by atoms with Gasteiger partial charge in [-0.2, -0.15) is 0 Å². The van der Waals surface area contributed by atoms with E-state index in [0.717, 1.165) is 31.0 Å². The highest BCUT2D eigenvalue weighted by molar-refractivity contribution is 5.16. The second kappa shape index (κ2) is 5.75. The van der Waals surface area contributed by atoms with E-state index in [1.165, 1.54) is 12.0 Å². The zero-order chi connectivity index (χ0) is 13.9. The predicted molar refractivity (Wildman–Crippen MR) is 77.2 cm³/mol. The molecule has 0 bridgehead atoms. The number of hydrogen-bond acceptors (Lipinski definition) is 4. The van der Waals surface area contributed by atoms with Gasteiger partial charge in [0.15, 0.2) is 0 Å². The Morgan fingerprint density at radius 2 is 2.15 bits per heavy atom. The second-order valence-corrected chi connectivity index (χ2v) is 5.79. The Kier molecular flexibility index (Phi) is 3.83. The highest BCUT2D eigenvalue weighted by Gasteiger charge is 2.28. The van der Waals surface area contributed by atoms with Crippen LogP contribution in [0, 0.1) is 0 Å². The lowest BCUT2D eigenvalue weighted by molar-refractivity contribution is 0.236. The molecule has 0 saturated carbocycles. The fraction of sp³-hybridized carbons (Fsp3) is 0.500. The van der Waals surface area contributed by atoms with E-state index in [0.29, 0.717) is 12.0 Å². The number of rotatable bonds is 4. The van der Waals surface area contributed by atoms with Crippen LogP contribution in [0.1, 0.15) is 55.7 Å².